The van der Waals surface area contributed by atoms with Crippen LogP contribution in [-0.4, -0.2) is 46.8 Å². The topological polar surface area (TPSA) is 62.7 Å². The van der Waals surface area contributed by atoms with Crippen molar-refractivity contribution < 1.29 is 14.6 Å². The molecule has 6 heteroatoms. The molecule has 0 saturated carbocycles. The van der Waals surface area contributed by atoms with Crippen LogP contribution in [0, 0.1) is 0 Å². The molecular formula is C10H14N2O3S. The SMILES string of the molecule is O=C(O)CC1COCCN1Cc1cscn1. The molecule has 0 amide bonds. The van der Waals surface area contributed by atoms with Gasteiger partial charge in [0.05, 0.1) is 30.8 Å². The van der Waals surface area contributed by atoms with Gasteiger partial charge in [-0.2, -0.15) is 0 Å². The molecule has 0 aliphatic carbocycles. The third-order valence-corrected chi connectivity index (χ3v) is 3.24. The summed E-state index contributed by atoms with van der Waals surface area (Å²) in [4.78, 5) is 17.1. The minimum absolute atomic E-state index is 0.0343. The Balaban J connectivity index is 1.96. The van der Waals surface area contributed by atoms with Crippen LogP contribution in [0.1, 0.15) is 12.1 Å². The van der Waals surface area contributed by atoms with Crippen molar-refractivity contribution in [1.82, 2.24) is 9.88 Å². The van der Waals surface area contributed by atoms with E-state index in [9.17, 15) is 4.79 Å². The molecule has 88 valence electrons. The van der Waals surface area contributed by atoms with Gasteiger partial charge in [0, 0.05) is 24.5 Å². The van der Waals surface area contributed by atoms with Crippen molar-refractivity contribution in [2.75, 3.05) is 19.8 Å². The van der Waals surface area contributed by atoms with Gasteiger partial charge in [0.2, 0.25) is 0 Å². The highest BCUT2D eigenvalue weighted by atomic mass is 32.1. The minimum atomic E-state index is -0.779. The van der Waals surface area contributed by atoms with Gasteiger partial charge < -0.3 is 9.84 Å². The lowest BCUT2D eigenvalue weighted by atomic mass is 10.1. The summed E-state index contributed by atoms with van der Waals surface area (Å²) in [6.45, 7) is 2.65. The molecule has 2 rings (SSSR count). The van der Waals surface area contributed by atoms with Crippen LogP contribution in [0.5, 0.6) is 0 Å². The van der Waals surface area contributed by atoms with Crippen molar-refractivity contribution in [3.8, 4) is 0 Å². The molecule has 1 unspecified atom stereocenters. The van der Waals surface area contributed by atoms with Gasteiger partial charge in [-0.05, 0) is 0 Å². The molecule has 0 spiro atoms. The lowest BCUT2D eigenvalue weighted by Crippen LogP contribution is -2.45. The monoisotopic (exact) mass is 242 g/mol. The van der Waals surface area contributed by atoms with E-state index in [0.29, 0.717) is 19.8 Å². The smallest absolute Gasteiger partial charge is 0.305 e. The Kier molecular flexibility index (Phi) is 3.87. The zero-order valence-electron chi connectivity index (χ0n) is 8.83. The second-order valence-corrected chi connectivity index (χ2v) is 4.50. The highest BCUT2D eigenvalue weighted by Crippen LogP contribution is 2.14. The summed E-state index contributed by atoms with van der Waals surface area (Å²) in [5, 5.41) is 10.8. The van der Waals surface area contributed by atoms with Gasteiger partial charge in [-0.3, -0.25) is 9.69 Å². The first kappa shape index (κ1) is 11.5. The average Bonchev–Trinajstić information content (AvgIpc) is 2.73. The highest BCUT2D eigenvalue weighted by Gasteiger charge is 2.25. The Morgan fingerprint density at radius 3 is 3.31 bits per heavy atom. The number of hydrogen-bond acceptors (Lipinski definition) is 5. The molecule has 1 aromatic heterocycles. The van der Waals surface area contributed by atoms with Crippen molar-refractivity contribution in [3.63, 3.8) is 0 Å². The Morgan fingerprint density at radius 2 is 2.62 bits per heavy atom. The molecule has 1 aromatic rings. The summed E-state index contributed by atoms with van der Waals surface area (Å²) in [7, 11) is 0. The summed E-state index contributed by atoms with van der Waals surface area (Å²) in [6, 6.07) is -0.0343. The predicted molar refractivity (Wildman–Crippen MR) is 59.4 cm³/mol. The molecule has 1 aliphatic rings. The number of carboxylic acid groups (broad SMARTS) is 1. The number of ether oxygens (including phenoxy) is 1. The van der Waals surface area contributed by atoms with E-state index >= 15 is 0 Å². The minimum Gasteiger partial charge on any atom is -0.481 e. The van der Waals surface area contributed by atoms with Gasteiger partial charge in [-0.15, -0.1) is 11.3 Å². The van der Waals surface area contributed by atoms with Crippen molar-refractivity contribution >= 4 is 17.3 Å². The Bertz CT molecular complexity index is 342. The van der Waals surface area contributed by atoms with Gasteiger partial charge in [-0.1, -0.05) is 0 Å². The van der Waals surface area contributed by atoms with Crippen LogP contribution in [0.2, 0.25) is 0 Å². The normalized spacial score (nSPS) is 22.1. The van der Waals surface area contributed by atoms with Crippen molar-refractivity contribution in [1.29, 1.82) is 0 Å². The van der Waals surface area contributed by atoms with Crippen LogP contribution in [0.3, 0.4) is 0 Å². The summed E-state index contributed by atoms with van der Waals surface area (Å²) in [6.07, 6.45) is 0.129. The second-order valence-electron chi connectivity index (χ2n) is 3.78. The molecule has 5 nitrogen and oxygen atoms in total. The average molecular weight is 242 g/mol. The van der Waals surface area contributed by atoms with E-state index in [0.717, 1.165) is 12.2 Å². The van der Waals surface area contributed by atoms with E-state index in [-0.39, 0.29) is 12.5 Å². The number of thiazole rings is 1. The van der Waals surface area contributed by atoms with Crippen LogP contribution >= 0.6 is 11.3 Å². The third kappa shape index (κ3) is 3.01. The van der Waals surface area contributed by atoms with Gasteiger partial charge >= 0.3 is 5.97 Å². The van der Waals surface area contributed by atoms with Crippen molar-refractivity contribution in [3.05, 3.63) is 16.6 Å². The first-order valence-corrected chi connectivity index (χ1v) is 6.10. The van der Waals surface area contributed by atoms with E-state index in [2.05, 4.69) is 9.88 Å². The fraction of sp³-hybridized carbons (Fsp3) is 0.600. The standard InChI is InChI=1S/C10H14N2O3S/c13-10(14)3-9-5-15-2-1-12(9)4-8-6-16-7-11-8/h6-7,9H,1-5H2,(H,13,14). The van der Waals surface area contributed by atoms with Gasteiger partial charge in [0.1, 0.15) is 0 Å². The van der Waals surface area contributed by atoms with E-state index in [1.165, 1.54) is 0 Å². The van der Waals surface area contributed by atoms with Crippen LogP contribution in [0.15, 0.2) is 10.9 Å². The van der Waals surface area contributed by atoms with Gasteiger partial charge in [0.25, 0.3) is 0 Å². The van der Waals surface area contributed by atoms with Gasteiger partial charge in [-0.25, -0.2) is 4.98 Å². The number of aromatic nitrogens is 1. The molecule has 16 heavy (non-hydrogen) atoms. The third-order valence-electron chi connectivity index (χ3n) is 2.61. The zero-order chi connectivity index (χ0) is 11.4. The van der Waals surface area contributed by atoms with Crippen LogP contribution in [0.4, 0.5) is 0 Å². The molecule has 2 heterocycles. The molecule has 1 N–H and O–H groups in total. The maximum absolute atomic E-state index is 10.7. The highest BCUT2D eigenvalue weighted by molar-refractivity contribution is 7.07. The second kappa shape index (κ2) is 5.38. The van der Waals surface area contributed by atoms with Crippen LogP contribution < -0.4 is 0 Å². The Labute approximate surface area is 97.7 Å². The number of aliphatic carboxylic acids is 1. The maximum atomic E-state index is 10.7. The lowest BCUT2D eigenvalue weighted by Gasteiger charge is -2.34. The fourth-order valence-corrected chi connectivity index (χ4v) is 2.36. The quantitative estimate of drug-likeness (QED) is 0.847. The number of nitrogens with zero attached hydrogens (tertiary/aromatic N) is 2. The van der Waals surface area contributed by atoms with E-state index in [1.54, 1.807) is 16.8 Å². The van der Waals surface area contributed by atoms with Gasteiger partial charge in [0.15, 0.2) is 0 Å². The predicted octanol–water partition coefficient (Wildman–Crippen LogP) is 0.819. The van der Waals surface area contributed by atoms with Crippen molar-refractivity contribution in [2.45, 2.75) is 19.0 Å². The molecule has 1 aliphatic heterocycles. The Hall–Kier alpha value is -0.980. The Morgan fingerprint density at radius 1 is 1.75 bits per heavy atom. The molecule has 0 bridgehead atoms. The summed E-state index contributed by atoms with van der Waals surface area (Å²) >= 11 is 1.56. The first-order chi connectivity index (χ1) is 7.75. The number of rotatable bonds is 4. The molecule has 1 atom stereocenters. The van der Waals surface area contributed by atoms with Crippen molar-refractivity contribution in [2.24, 2.45) is 0 Å². The molecule has 1 fully saturated rings. The fourth-order valence-electron chi connectivity index (χ4n) is 1.81. The first-order valence-electron chi connectivity index (χ1n) is 5.16. The molecule has 0 aromatic carbocycles. The molecule has 1 saturated heterocycles. The maximum Gasteiger partial charge on any atom is 0.305 e. The van der Waals surface area contributed by atoms with Crippen LogP contribution in [0.25, 0.3) is 0 Å². The van der Waals surface area contributed by atoms with Crippen LogP contribution in [-0.2, 0) is 16.1 Å². The number of carboxylic acids is 1. The zero-order valence-corrected chi connectivity index (χ0v) is 9.65. The summed E-state index contributed by atoms with van der Waals surface area (Å²) < 4.78 is 5.31. The van der Waals surface area contributed by atoms with E-state index in [1.807, 2.05) is 5.38 Å². The number of carbonyl (C=O) groups is 1. The van der Waals surface area contributed by atoms with E-state index in [4.69, 9.17) is 9.84 Å². The number of hydrogen-bond donors (Lipinski definition) is 1. The molecule has 0 radical (unpaired) electrons. The lowest BCUT2D eigenvalue weighted by molar-refractivity contribution is -0.140. The summed E-state index contributed by atoms with van der Waals surface area (Å²) in [5.41, 5.74) is 2.80. The summed E-state index contributed by atoms with van der Waals surface area (Å²) in [5.74, 6) is -0.779. The largest absolute Gasteiger partial charge is 0.481 e. The molecular weight excluding hydrogens is 228 g/mol. The number of morpholine rings is 1. The van der Waals surface area contributed by atoms with E-state index < -0.39 is 5.97 Å².